The van der Waals surface area contributed by atoms with Crippen molar-refractivity contribution < 1.29 is 9.18 Å². The molecule has 0 unspecified atom stereocenters. The first-order chi connectivity index (χ1) is 13.6. The van der Waals surface area contributed by atoms with E-state index in [9.17, 15) is 9.18 Å². The Balaban J connectivity index is 1.43. The number of halogens is 2. The molecule has 0 radical (unpaired) electrons. The van der Waals surface area contributed by atoms with Gasteiger partial charge in [-0.25, -0.2) is 9.82 Å². The molecule has 3 rings (SSSR count). The van der Waals surface area contributed by atoms with Crippen molar-refractivity contribution in [3.8, 4) is 0 Å². The number of thioether (sulfide) groups is 2. The third-order valence-corrected chi connectivity index (χ3v) is 6.89. The van der Waals surface area contributed by atoms with E-state index in [2.05, 4.69) is 32.9 Å². The summed E-state index contributed by atoms with van der Waals surface area (Å²) in [6.07, 6.45) is 1.18. The fourth-order valence-corrected chi connectivity index (χ4v) is 4.98. The van der Waals surface area contributed by atoms with Crippen molar-refractivity contribution in [1.82, 2.24) is 15.6 Å². The van der Waals surface area contributed by atoms with Crippen molar-refractivity contribution in [2.24, 2.45) is 5.10 Å². The number of nitrogens with zero attached hydrogens (tertiary/aromatic N) is 3. The summed E-state index contributed by atoms with van der Waals surface area (Å²) in [5, 5.41) is 12.2. The lowest BCUT2D eigenvalue weighted by Crippen LogP contribution is -2.19. The quantitative estimate of drug-likeness (QED) is 0.300. The first kappa shape index (κ1) is 20.8. The molecule has 0 saturated heterocycles. The van der Waals surface area contributed by atoms with Gasteiger partial charge in [-0.05, 0) is 17.7 Å². The van der Waals surface area contributed by atoms with E-state index < -0.39 is 5.82 Å². The number of carbonyl (C=O) groups excluding carboxylic acids is 1. The third kappa shape index (κ3) is 6.30. The Bertz CT molecular complexity index is 948. The van der Waals surface area contributed by atoms with Crippen LogP contribution in [0.25, 0.3) is 0 Å². The van der Waals surface area contributed by atoms with Gasteiger partial charge in [0.05, 0.1) is 17.0 Å². The molecule has 144 valence electrons. The fourth-order valence-electron chi connectivity index (χ4n) is 2.00. The van der Waals surface area contributed by atoms with Gasteiger partial charge in [0.25, 0.3) is 5.91 Å². The number of hydrogen-bond donors (Lipinski definition) is 1. The van der Waals surface area contributed by atoms with Crippen molar-refractivity contribution in [3.05, 3.63) is 70.5 Å². The summed E-state index contributed by atoms with van der Waals surface area (Å²) in [6.45, 7) is 0. The van der Waals surface area contributed by atoms with E-state index in [1.54, 1.807) is 17.8 Å². The summed E-state index contributed by atoms with van der Waals surface area (Å²) in [7, 11) is 0. The lowest BCUT2D eigenvalue weighted by molar-refractivity contribution is -0.118. The first-order valence-electron chi connectivity index (χ1n) is 8.01. The Morgan fingerprint density at radius 1 is 1.14 bits per heavy atom. The molecule has 1 amide bonds. The maximum absolute atomic E-state index is 13.6. The largest absolute Gasteiger partial charge is 0.272 e. The summed E-state index contributed by atoms with van der Waals surface area (Å²) in [6, 6.07) is 14.4. The number of amides is 1. The van der Waals surface area contributed by atoms with Gasteiger partial charge in [0.1, 0.15) is 5.82 Å². The number of nitrogens with one attached hydrogen (secondary N) is 1. The average Bonchev–Trinajstić information content (AvgIpc) is 3.16. The molecule has 0 saturated carbocycles. The van der Waals surface area contributed by atoms with E-state index in [1.165, 1.54) is 47.0 Å². The second kappa shape index (κ2) is 10.6. The number of hydrogen-bond acceptors (Lipinski definition) is 7. The first-order valence-corrected chi connectivity index (χ1v) is 11.2. The Morgan fingerprint density at radius 3 is 2.64 bits per heavy atom. The summed E-state index contributed by atoms with van der Waals surface area (Å²) >= 11 is 10.2. The minimum Gasteiger partial charge on any atom is -0.272 e. The summed E-state index contributed by atoms with van der Waals surface area (Å²) in [4.78, 5) is 11.9. The van der Waals surface area contributed by atoms with E-state index in [4.69, 9.17) is 11.6 Å². The van der Waals surface area contributed by atoms with E-state index >= 15 is 0 Å². The number of hydrazone groups is 1. The summed E-state index contributed by atoms with van der Waals surface area (Å²) < 4.78 is 15.2. The van der Waals surface area contributed by atoms with Gasteiger partial charge in [0.15, 0.2) is 8.68 Å². The molecule has 0 fully saturated rings. The smallest absolute Gasteiger partial charge is 0.250 e. The molecule has 0 aliphatic rings. The molecule has 10 heteroatoms. The van der Waals surface area contributed by atoms with Crippen molar-refractivity contribution in [1.29, 1.82) is 0 Å². The van der Waals surface area contributed by atoms with Gasteiger partial charge in [-0.1, -0.05) is 82.9 Å². The zero-order chi connectivity index (χ0) is 19.8. The van der Waals surface area contributed by atoms with Crippen LogP contribution in [0.4, 0.5) is 4.39 Å². The van der Waals surface area contributed by atoms with Crippen LogP contribution in [0.15, 0.2) is 62.3 Å². The highest BCUT2D eigenvalue weighted by molar-refractivity contribution is 8.03. The predicted molar refractivity (Wildman–Crippen MR) is 114 cm³/mol. The van der Waals surface area contributed by atoms with Crippen LogP contribution in [-0.4, -0.2) is 28.1 Å². The Hall–Kier alpha value is -1.94. The van der Waals surface area contributed by atoms with Crippen LogP contribution >= 0.6 is 46.5 Å². The van der Waals surface area contributed by atoms with Crippen molar-refractivity contribution >= 4 is 58.6 Å². The molecule has 0 aliphatic carbocycles. The van der Waals surface area contributed by atoms with Crippen molar-refractivity contribution in [2.45, 2.75) is 14.4 Å². The number of rotatable bonds is 8. The molecule has 1 heterocycles. The molecule has 0 bridgehead atoms. The molecule has 2 aromatic carbocycles. The lowest BCUT2D eigenvalue weighted by Gasteiger charge is -2.00. The second-order valence-corrected chi connectivity index (χ2v) is 9.15. The lowest BCUT2D eigenvalue weighted by atomic mass is 10.2. The second-order valence-electron chi connectivity index (χ2n) is 5.33. The normalized spacial score (nSPS) is 11.1. The van der Waals surface area contributed by atoms with Crippen molar-refractivity contribution in [2.75, 3.05) is 5.75 Å². The average molecular weight is 453 g/mol. The molecule has 0 aliphatic heterocycles. The van der Waals surface area contributed by atoms with Crippen LogP contribution in [0, 0.1) is 5.82 Å². The number of aromatic nitrogens is 2. The van der Waals surface area contributed by atoms with Gasteiger partial charge in [-0.15, -0.1) is 10.2 Å². The Morgan fingerprint density at radius 2 is 1.89 bits per heavy atom. The third-order valence-electron chi connectivity index (χ3n) is 3.30. The van der Waals surface area contributed by atoms with Gasteiger partial charge >= 0.3 is 0 Å². The highest BCUT2D eigenvalue weighted by Crippen LogP contribution is 2.30. The van der Waals surface area contributed by atoms with E-state index in [-0.39, 0.29) is 22.2 Å². The zero-order valence-corrected chi connectivity index (χ0v) is 17.5. The van der Waals surface area contributed by atoms with Crippen LogP contribution in [0.2, 0.25) is 5.02 Å². The van der Waals surface area contributed by atoms with Crippen LogP contribution in [0.3, 0.4) is 0 Å². The molecule has 5 nitrogen and oxygen atoms in total. The summed E-state index contributed by atoms with van der Waals surface area (Å²) in [5.74, 6) is 0.102. The fraction of sp³-hybridized carbons (Fsp3) is 0.111. The Kier molecular flexibility index (Phi) is 7.84. The molecule has 1 N–H and O–H groups in total. The van der Waals surface area contributed by atoms with Crippen LogP contribution < -0.4 is 5.43 Å². The highest BCUT2D eigenvalue weighted by Gasteiger charge is 2.09. The van der Waals surface area contributed by atoms with Crippen LogP contribution in [0.1, 0.15) is 11.1 Å². The van der Waals surface area contributed by atoms with E-state index in [0.717, 1.165) is 10.1 Å². The van der Waals surface area contributed by atoms with Crippen molar-refractivity contribution in [3.63, 3.8) is 0 Å². The highest BCUT2D eigenvalue weighted by atomic mass is 35.5. The van der Waals surface area contributed by atoms with Crippen LogP contribution in [0.5, 0.6) is 0 Å². The van der Waals surface area contributed by atoms with E-state index in [1.807, 2.05) is 18.2 Å². The Labute approximate surface area is 178 Å². The molecule has 0 spiro atoms. The zero-order valence-electron chi connectivity index (χ0n) is 14.3. The van der Waals surface area contributed by atoms with E-state index in [0.29, 0.717) is 4.34 Å². The minimum atomic E-state index is -0.505. The van der Waals surface area contributed by atoms with Gasteiger partial charge in [0, 0.05) is 11.3 Å². The topological polar surface area (TPSA) is 67.2 Å². The van der Waals surface area contributed by atoms with Gasteiger partial charge in [-0.2, -0.15) is 5.10 Å². The number of benzene rings is 2. The standard InChI is InChI=1S/C18H14ClFN4OS3/c19-14-7-4-8-15(20)13(14)9-21-22-16(25)11-27-18-24-23-17(28-18)26-10-12-5-2-1-3-6-12/h1-9H,10-11H2,(H,22,25)/b21-9+. The van der Waals surface area contributed by atoms with Gasteiger partial charge in [0.2, 0.25) is 0 Å². The SMILES string of the molecule is O=C(CSc1nnc(SCc2ccccc2)s1)N/N=C/c1c(F)cccc1Cl. The van der Waals surface area contributed by atoms with Gasteiger partial charge in [-0.3, -0.25) is 4.79 Å². The molecular weight excluding hydrogens is 439 g/mol. The number of carbonyl (C=O) groups is 1. The minimum absolute atomic E-state index is 0.125. The maximum Gasteiger partial charge on any atom is 0.250 e. The molecule has 0 atom stereocenters. The van der Waals surface area contributed by atoms with Gasteiger partial charge < -0.3 is 0 Å². The molecule has 1 aromatic heterocycles. The molecule has 28 heavy (non-hydrogen) atoms. The monoisotopic (exact) mass is 452 g/mol. The maximum atomic E-state index is 13.6. The van der Waals surface area contributed by atoms with Crippen LogP contribution in [-0.2, 0) is 10.5 Å². The molecular formula is C18H14ClFN4OS3. The summed E-state index contributed by atoms with van der Waals surface area (Å²) in [5.41, 5.74) is 3.68. The predicted octanol–water partition coefficient (Wildman–Crippen LogP) is 4.87. The molecule has 3 aromatic rings.